The van der Waals surface area contributed by atoms with Crippen molar-refractivity contribution in [2.45, 2.75) is 32.1 Å². The number of carbonyl (C=O) groups excluding carboxylic acids is 2. The third-order valence-electron chi connectivity index (χ3n) is 4.66. The Balaban J connectivity index is 1.74. The molecule has 0 radical (unpaired) electrons. The van der Waals surface area contributed by atoms with Crippen LogP contribution in [0, 0.1) is 0 Å². The summed E-state index contributed by atoms with van der Waals surface area (Å²) in [5.41, 5.74) is 7.56. The van der Waals surface area contributed by atoms with E-state index in [-0.39, 0.29) is 11.8 Å². The van der Waals surface area contributed by atoms with Crippen LogP contribution in [0.25, 0.3) is 0 Å². The second-order valence-electron chi connectivity index (χ2n) is 6.59. The van der Waals surface area contributed by atoms with Crippen molar-refractivity contribution < 1.29 is 14.3 Å². The molecule has 2 aromatic rings. The van der Waals surface area contributed by atoms with Crippen LogP contribution in [0.4, 0.5) is 5.69 Å². The summed E-state index contributed by atoms with van der Waals surface area (Å²) < 4.78 is 5.78. The molecule has 2 N–H and O–H groups in total. The van der Waals surface area contributed by atoms with Crippen molar-refractivity contribution in [1.29, 1.82) is 0 Å². The molecule has 1 aliphatic heterocycles. The number of nitrogens with two attached hydrogens (primary N) is 1. The molecular weight excluding hydrogens is 328 g/mol. The molecule has 1 saturated heterocycles. The molecule has 1 fully saturated rings. The lowest BCUT2D eigenvalue weighted by molar-refractivity contribution is -0.117. The fraction of sp³-hybridized carbons (Fsp3) is 0.333. The van der Waals surface area contributed by atoms with Crippen LogP contribution < -0.4 is 15.4 Å². The summed E-state index contributed by atoms with van der Waals surface area (Å²) in [5.74, 6) is 0.507. The Morgan fingerprint density at radius 2 is 2.04 bits per heavy atom. The van der Waals surface area contributed by atoms with Gasteiger partial charge in [0.1, 0.15) is 5.75 Å². The molecule has 0 aromatic heterocycles. The first-order valence-electron chi connectivity index (χ1n) is 9.01. The summed E-state index contributed by atoms with van der Waals surface area (Å²) in [6.07, 6.45) is 2.56. The van der Waals surface area contributed by atoms with E-state index in [1.165, 1.54) is 0 Å². The van der Waals surface area contributed by atoms with Crippen LogP contribution in [-0.2, 0) is 4.79 Å². The normalized spacial score (nSPS) is 16.7. The number of rotatable bonds is 7. The van der Waals surface area contributed by atoms with Crippen LogP contribution in [0.15, 0.2) is 48.5 Å². The Kier molecular flexibility index (Phi) is 5.56. The van der Waals surface area contributed by atoms with Gasteiger partial charge in [-0.3, -0.25) is 9.59 Å². The highest BCUT2D eigenvalue weighted by Crippen LogP contribution is 2.33. The Morgan fingerprint density at radius 3 is 2.81 bits per heavy atom. The molecule has 2 amide bonds. The van der Waals surface area contributed by atoms with Gasteiger partial charge in [0, 0.05) is 30.1 Å². The zero-order valence-corrected chi connectivity index (χ0v) is 15.0. The lowest BCUT2D eigenvalue weighted by Gasteiger charge is -2.18. The van der Waals surface area contributed by atoms with Gasteiger partial charge in [-0.25, -0.2) is 0 Å². The van der Waals surface area contributed by atoms with E-state index in [9.17, 15) is 9.59 Å². The summed E-state index contributed by atoms with van der Waals surface area (Å²) in [6, 6.07) is 14.9. The first-order valence-corrected chi connectivity index (χ1v) is 9.01. The minimum absolute atomic E-state index is 0.0499. The van der Waals surface area contributed by atoms with Gasteiger partial charge in [-0.15, -0.1) is 0 Å². The van der Waals surface area contributed by atoms with Crippen LogP contribution in [0.1, 0.15) is 48.0 Å². The van der Waals surface area contributed by atoms with Crippen LogP contribution in [0.2, 0.25) is 0 Å². The molecule has 0 aliphatic carbocycles. The fourth-order valence-electron chi connectivity index (χ4n) is 3.20. The SMILES string of the molecule is CCCCOc1cccc(C2CC(=O)N(c3cccc(C(N)=O)c3)C2)c1. The zero-order chi connectivity index (χ0) is 18.5. The van der Waals surface area contributed by atoms with Gasteiger partial charge in [-0.2, -0.15) is 0 Å². The summed E-state index contributed by atoms with van der Waals surface area (Å²) in [6.45, 7) is 3.42. The van der Waals surface area contributed by atoms with E-state index in [0.29, 0.717) is 30.8 Å². The smallest absolute Gasteiger partial charge is 0.248 e. The summed E-state index contributed by atoms with van der Waals surface area (Å²) >= 11 is 0. The quantitative estimate of drug-likeness (QED) is 0.775. The molecule has 0 spiro atoms. The number of ether oxygens (including phenoxy) is 1. The predicted molar refractivity (Wildman–Crippen MR) is 102 cm³/mol. The van der Waals surface area contributed by atoms with Gasteiger partial charge in [-0.1, -0.05) is 31.5 Å². The largest absolute Gasteiger partial charge is 0.494 e. The molecule has 1 heterocycles. The molecule has 136 valence electrons. The number of benzene rings is 2. The van der Waals surface area contributed by atoms with Crippen molar-refractivity contribution in [3.8, 4) is 5.75 Å². The molecule has 1 atom stereocenters. The monoisotopic (exact) mass is 352 g/mol. The van der Waals surface area contributed by atoms with E-state index >= 15 is 0 Å². The number of anilines is 1. The highest BCUT2D eigenvalue weighted by molar-refractivity contribution is 5.99. The number of hydrogen-bond donors (Lipinski definition) is 1. The minimum Gasteiger partial charge on any atom is -0.494 e. The van der Waals surface area contributed by atoms with Crippen LogP contribution >= 0.6 is 0 Å². The van der Waals surface area contributed by atoms with E-state index in [4.69, 9.17) is 10.5 Å². The first-order chi connectivity index (χ1) is 12.6. The second-order valence-corrected chi connectivity index (χ2v) is 6.59. The van der Waals surface area contributed by atoms with Gasteiger partial charge in [-0.05, 0) is 42.3 Å². The fourth-order valence-corrected chi connectivity index (χ4v) is 3.20. The highest BCUT2D eigenvalue weighted by Gasteiger charge is 2.32. The van der Waals surface area contributed by atoms with Gasteiger partial charge < -0.3 is 15.4 Å². The van der Waals surface area contributed by atoms with Crippen molar-refractivity contribution in [3.05, 3.63) is 59.7 Å². The van der Waals surface area contributed by atoms with Crippen molar-refractivity contribution in [3.63, 3.8) is 0 Å². The third-order valence-corrected chi connectivity index (χ3v) is 4.66. The molecule has 26 heavy (non-hydrogen) atoms. The topological polar surface area (TPSA) is 72.6 Å². The van der Waals surface area contributed by atoms with Crippen molar-refractivity contribution in [1.82, 2.24) is 0 Å². The number of primary amides is 1. The third kappa shape index (κ3) is 4.04. The number of hydrogen-bond acceptors (Lipinski definition) is 3. The van der Waals surface area contributed by atoms with Gasteiger partial charge in [0.2, 0.25) is 11.8 Å². The van der Waals surface area contributed by atoms with Crippen LogP contribution in [0.3, 0.4) is 0 Å². The first kappa shape index (κ1) is 18.0. The van der Waals surface area contributed by atoms with Crippen molar-refractivity contribution in [2.24, 2.45) is 5.73 Å². The van der Waals surface area contributed by atoms with Crippen molar-refractivity contribution in [2.75, 3.05) is 18.1 Å². The van der Waals surface area contributed by atoms with E-state index in [2.05, 4.69) is 6.92 Å². The Hall–Kier alpha value is -2.82. The summed E-state index contributed by atoms with van der Waals surface area (Å²) in [4.78, 5) is 25.6. The average molecular weight is 352 g/mol. The van der Waals surface area contributed by atoms with E-state index in [1.807, 2.05) is 30.3 Å². The predicted octanol–water partition coefficient (Wildman–Crippen LogP) is 3.48. The van der Waals surface area contributed by atoms with E-state index in [1.54, 1.807) is 23.1 Å². The molecular formula is C21H24N2O3. The maximum absolute atomic E-state index is 12.5. The molecule has 5 heteroatoms. The Labute approximate surface area is 153 Å². The van der Waals surface area contributed by atoms with Gasteiger partial charge in [0.15, 0.2) is 0 Å². The molecule has 2 aromatic carbocycles. The number of amides is 2. The van der Waals surface area contributed by atoms with Crippen molar-refractivity contribution >= 4 is 17.5 Å². The lowest BCUT2D eigenvalue weighted by atomic mass is 9.98. The maximum atomic E-state index is 12.5. The molecule has 0 saturated carbocycles. The van der Waals surface area contributed by atoms with E-state index in [0.717, 1.165) is 24.2 Å². The van der Waals surface area contributed by atoms with Gasteiger partial charge in [0.05, 0.1) is 6.61 Å². The Bertz CT molecular complexity index is 803. The summed E-state index contributed by atoms with van der Waals surface area (Å²) in [7, 11) is 0. The highest BCUT2D eigenvalue weighted by atomic mass is 16.5. The summed E-state index contributed by atoms with van der Waals surface area (Å²) in [5, 5.41) is 0. The molecule has 0 bridgehead atoms. The van der Waals surface area contributed by atoms with Gasteiger partial charge in [0.25, 0.3) is 0 Å². The zero-order valence-electron chi connectivity index (χ0n) is 15.0. The van der Waals surface area contributed by atoms with Crippen LogP contribution in [-0.4, -0.2) is 25.0 Å². The molecule has 1 aliphatic rings. The standard InChI is InChI=1S/C21H24N2O3/c1-2-3-10-26-19-9-5-6-15(12-19)17-13-20(24)23(14-17)18-8-4-7-16(11-18)21(22)25/h4-9,11-12,17H,2-3,10,13-14H2,1H3,(H2,22,25). The number of carbonyl (C=O) groups is 2. The van der Waals surface area contributed by atoms with Crippen LogP contribution in [0.5, 0.6) is 5.75 Å². The number of unbranched alkanes of at least 4 members (excludes halogenated alkanes) is 1. The number of nitrogens with zero attached hydrogens (tertiary/aromatic N) is 1. The lowest BCUT2D eigenvalue weighted by Crippen LogP contribution is -2.24. The average Bonchev–Trinajstić information content (AvgIpc) is 3.04. The maximum Gasteiger partial charge on any atom is 0.248 e. The second kappa shape index (κ2) is 8.04. The molecule has 3 rings (SSSR count). The minimum atomic E-state index is -0.494. The van der Waals surface area contributed by atoms with E-state index < -0.39 is 5.91 Å². The van der Waals surface area contributed by atoms with Gasteiger partial charge >= 0.3 is 0 Å². The Morgan fingerprint density at radius 1 is 1.23 bits per heavy atom. The molecule has 5 nitrogen and oxygen atoms in total. The molecule has 1 unspecified atom stereocenters.